The maximum Gasteiger partial charge on any atom is 2.00 e. The van der Waals surface area contributed by atoms with Crippen LogP contribution in [0, 0.1) is 63.7 Å². The maximum atomic E-state index is 13.5. The molecule has 2 saturated carbocycles. The summed E-state index contributed by atoms with van der Waals surface area (Å²) in [5, 5.41) is 10.6. The van der Waals surface area contributed by atoms with E-state index in [-0.39, 0.29) is 28.9 Å². The first-order valence-corrected chi connectivity index (χ1v) is 14.0. The van der Waals surface area contributed by atoms with Gasteiger partial charge in [0.1, 0.15) is 22.9 Å². The zero-order chi connectivity index (χ0) is 26.1. The van der Waals surface area contributed by atoms with Gasteiger partial charge < -0.3 is 14.0 Å². The molecule has 3 atom stereocenters. The molecular formula is C32H26FeO5S+2. The van der Waals surface area contributed by atoms with Gasteiger partial charge in [0.2, 0.25) is 0 Å². The van der Waals surface area contributed by atoms with Gasteiger partial charge in [-0.05, 0) is 98.1 Å². The predicted molar refractivity (Wildman–Crippen MR) is 148 cm³/mol. The first kappa shape index (κ1) is 28.2. The topological polar surface area (TPSA) is 72.8 Å². The van der Waals surface area contributed by atoms with Gasteiger partial charge in [-0.3, -0.25) is 0 Å². The molecule has 2 heterocycles. The molecule has 2 aliphatic heterocycles. The Labute approximate surface area is 242 Å². The Bertz CT molecular complexity index is 1410. The summed E-state index contributed by atoms with van der Waals surface area (Å²) in [5.41, 5.74) is 2.77. The molecule has 0 amide bonds. The first-order valence-electron chi connectivity index (χ1n) is 12.5. The van der Waals surface area contributed by atoms with Crippen LogP contribution in [0.3, 0.4) is 0 Å². The van der Waals surface area contributed by atoms with Crippen LogP contribution in [0.15, 0.2) is 72.3 Å². The van der Waals surface area contributed by atoms with Crippen LogP contribution in [-0.2, 0) is 31.9 Å². The largest absolute Gasteiger partial charge is 2.00 e. The minimum Gasteiger partial charge on any atom is -0.508 e. The van der Waals surface area contributed by atoms with Crippen molar-refractivity contribution in [1.29, 1.82) is 0 Å². The summed E-state index contributed by atoms with van der Waals surface area (Å²) < 4.78 is 38.9. The van der Waals surface area contributed by atoms with Gasteiger partial charge in [-0.1, -0.05) is 48.5 Å². The fourth-order valence-electron chi connectivity index (χ4n) is 5.32. The predicted octanol–water partition coefficient (Wildman–Crippen LogP) is 5.67. The molecule has 10 radical (unpaired) electrons. The van der Waals surface area contributed by atoms with E-state index in [4.69, 9.17) is 8.92 Å². The summed E-state index contributed by atoms with van der Waals surface area (Å²) in [4.78, 5) is 0. The second-order valence-corrected chi connectivity index (χ2v) is 11.1. The van der Waals surface area contributed by atoms with Crippen molar-refractivity contribution < 1.29 is 39.5 Å². The van der Waals surface area contributed by atoms with E-state index >= 15 is 0 Å². The molecule has 1 unspecified atom stereocenters. The zero-order valence-corrected chi connectivity index (χ0v) is 22.7. The number of hydrogen-bond acceptors (Lipinski definition) is 5. The SMILES string of the molecule is O=S(=O)(Oc1cccc2ccccc12)C1C[C@H]2O[C@@H]1C([C]1[CH][CH][CH][CH]1)=C2c1ccc(O)cc1.[CH]1[CH][CH][CH][CH]1.[Fe+2]. The Hall–Kier alpha value is -2.31. The van der Waals surface area contributed by atoms with Crippen molar-refractivity contribution in [1.82, 2.24) is 0 Å². The smallest absolute Gasteiger partial charge is 0.508 e. The van der Waals surface area contributed by atoms with Crippen LogP contribution in [0.4, 0.5) is 0 Å². The number of phenols is 1. The van der Waals surface area contributed by atoms with Gasteiger partial charge in [-0.2, -0.15) is 8.42 Å². The molecule has 3 aromatic carbocycles. The molecule has 39 heavy (non-hydrogen) atoms. The number of rotatable bonds is 5. The summed E-state index contributed by atoms with van der Waals surface area (Å²) >= 11 is 0. The van der Waals surface area contributed by atoms with Crippen molar-refractivity contribution in [2.75, 3.05) is 0 Å². The van der Waals surface area contributed by atoms with Gasteiger partial charge in [0.25, 0.3) is 0 Å². The van der Waals surface area contributed by atoms with Crippen LogP contribution in [-0.4, -0.2) is 31.0 Å². The summed E-state index contributed by atoms with van der Waals surface area (Å²) in [7, 11) is -3.97. The summed E-state index contributed by atoms with van der Waals surface area (Å²) in [5.74, 6) is 1.45. The molecule has 4 aliphatic rings. The van der Waals surface area contributed by atoms with E-state index in [0.717, 1.165) is 33.4 Å². The van der Waals surface area contributed by atoms with Crippen molar-refractivity contribution in [3.8, 4) is 11.5 Å². The van der Waals surface area contributed by atoms with Crippen LogP contribution in [0.2, 0.25) is 0 Å². The zero-order valence-electron chi connectivity index (χ0n) is 20.8. The average molecular weight is 578 g/mol. The van der Waals surface area contributed by atoms with Crippen LogP contribution in [0.1, 0.15) is 12.0 Å². The number of ether oxygens (including phenoxy) is 1. The fourth-order valence-corrected chi connectivity index (χ4v) is 6.75. The minimum atomic E-state index is -3.97. The molecule has 3 fully saturated rings. The molecule has 2 aliphatic carbocycles. The molecule has 1 saturated heterocycles. The molecule has 1 N–H and O–H groups in total. The van der Waals surface area contributed by atoms with Crippen molar-refractivity contribution in [3.05, 3.63) is 142 Å². The number of fused-ring (bicyclic) bond motifs is 3. The van der Waals surface area contributed by atoms with Gasteiger partial charge in [0.05, 0.1) is 6.10 Å². The summed E-state index contributed by atoms with van der Waals surface area (Å²) in [6.07, 6.45) is 17.1. The molecule has 7 rings (SSSR count). The molecule has 5 nitrogen and oxygen atoms in total. The van der Waals surface area contributed by atoms with E-state index in [9.17, 15) is 13.5 Å². The molecular weight excluding hydrogens is 552 g/mol. The molecule has 7 heteroatoms. The molecule has 2 bridgehead atoms. The third-order valence-electron chi connectivity index (χ3n) is 7.03. The normalized spacial score (nSPS) is 24.5. The number of phenolic OH excluding ortho intramolecular Hbond substituents is 1. The number of hydrogen-bond donors (Lipinski definition) is 1. The molecule has 3 aromatic rings. The van der Waals surface area contributed by atoms with Crippen LogP contribution in [0.5, 0.6) is 11.5 Å². The maximum absolute atomic E-state index is 13.5. The van der Waals surface area contributed by atoms with Gasteiger partial charge in [-0.25, -0.2) is 0 Å². The Kier molecular flexibility index (Phi) is 8.72. The first-order chi connectivity index (χ1) is 18.5. The van der Waals surface area contributed by atoms with Crippen molar-refractivity contribution >= 4 is 26.5 Å². The Morgan fingerprint density at radius 3 is 2.10 bits per heavy atom. The second kappa shape index (κ2) is 12.1. The van der Waals surface area contributed by atoms with E-state index in [2.05, 4.69) is 0 Å². The Morgan fingerprint density at radius 1 is 0.769 bits per heavy atom. The van der Waals surface area contributed by atoms with Crippen LogP contribution in [0.25, 0.3) is 16.3 Å². The minimum absolute atomic E-state index is 0. The second-order valence-electron chi connectivity index (χ2n) is 9.38. The van der Waals surface area contributed by atoms with Gasteiger partial charge >= 0.3 is 27.2 Å². The fraction of sp³-hybridized carbons (Fsp3) is 0.125. The molecule has 0 aromatic heterocycles. The average Bonchev–Trinajstić information content (AvgIpc) is 3.74. The summed E-state index contributed by atoms with van der Waals surface area (Å²) in [6, 6.07) is 19.9. The summed E-state index contributed by atoms with van der Waals surface area (Å²) in [6.45, 7) is 0. The van der Waals surface area contributed by atoms with E-state index in [1.54, 1.807) is 24.3 Å². The standard InChI is InChI=1S/C27H21O5S.C5H5.Fe/c28-20-14-12-19(13-15-20)25-23-16-24(27(31-23)26(25)18-7-1-2-8-18)33(29,30)32-22-11-5-9-17-6-3-4-10-21(17)22;1-2-4-5-3-1;/h1-15,23-24,27-28H,16H2;1-5H;/q;;+2/t23-,24?,27+;;/m1../s1. The van der Waals surface area contributed by atoms with Crippen LogP contribution >= 0.6 is 0 Å². The quantitative estimate of drug-likeness (QED) is 0.312. The van der Waals surface area contributed by atoms with Crippen molar-refractivity contribution in [3.63, 3.8) is 0 Å². The van der Waals surface area contributed by atoms with Crippen molar-refractivity contribution in [2.45, 2.75) is 23.9 Å². The van der Waals surface area contributed by atoms with Crippen LogP contribution < -0.4 is 4.18 Å². The Balaban J connectivity index is 0.000000464. The Morgan fingerprint density at radius 2 is 1.41 bits per heavy atom. The van der Waals surface area contributed by atoms with Gasteiger partial charge in [-0.15, -0.1) is 0 Å². The van der Waals surface area contributed by atoms with Gasteiger partial charge in [0, 0.05) is 17.7 Å². The monoisotopic (exact) mass is 578 g/mol. The third kappa shape index (κ3) is 5.78. The van der Waals surface area contributed by atoms with E-state index < -0.39 is 21.5 Å². The van der Waals surface area contributed by atoms with E-state index in [1.165, 1.54) is 0 Å². The van der Waals surface area contributed by atoms with E-state index in [1.807, 2.05) is 100 Å². The third-order valence-corrected chi connectivity index (χ3v) is 8.62. The van der Waals surface area contributed by atoms with E-state index in [0.29, 0.717) is 12.2 Å². The van der Waals surface area contributed by atoms with Gasteiger partial charge in [0.15, 0.2) is 0 Å². The number of benzene rings is 3. The molecule has 196 valence electrons. The van der Waals surface area contributed by atoms with Crippen molar-refractivity contribution in [2.24, 2.45) is 0 Å². The number of aromatic hydroxyl groups is 1. The molecule has 0 spiro atoms.